The van der Waals surface area contributed by atoms with Crippen LogP contribution in [0.15, 0.2) is 17.3 Å². The van der Waals surface area contributed by atoms with Gasteiger partial charge in [0.2, 0.25) is 10.0 Å². The van der Waals surface area contributed by atoms with Crippen molar-refractivity contribution in [2.75, 3.05) is 32.8 Å². The van der Waals surface area contributed by atoms with Crippen LogP contribution in [0, 0.1) is 0 Å². The average molecular weight is 318 g/mol. The maximum atomic E-state index is 12.0. The van der Waals surface area contributed by atoms with Crippen molar-refractivity contribution in [1.29, 1.82) is 0 Å². The third kappa shape index (κ3) is 7.03. The molecule has 21 heavy (non-hydrogen) atoms. The molecular weight excluding hydrogens is 292 g/mol. The lowest BCUT2D eigenvalue weighted by atomic mass is 10.4. The van der Waals surface area contributed by atoms with Crippen molar-refractivity contribution < 1.29 is 13.2 Å². The molecule has 0 fully saturated rings. The number of likely N-dealkylation sites (N-methyl/N-ethyl adjacent to an activating group) is 1. The second kappa shape index (κ2) is 9.88. The van der Waals surface area contributed by atoms with Gasteiger partial charge in [0, 0.05) is 25.9 Å². The van der Waals surface area contributed by atoms with E-state index >= 15 is 0 Å². The highest BCUT2D eigenvalue weighted by Crippen LogP contribution is 2.06. The van der Waals surface area contributed by atoms with E-state index in [1.165, 1.54) is 12.4 Å². The summed E-state index contributed by atoms with van der Waals surface area (Å²) in [5, 5.41) is 7.21. The Labute approximate surface area is 127 Å². The number of sulfonamides is 1. The smallest absolute Gasteiger partial charge is 0.243 e. The molecule has 0 saturated heterocycles. The predicted molar refractivity (Wildman–Crippen MR) is 81.7 cm³/mol. The molecule has 1 heterocycles. The molecule has 0 unspecified atom stereocenters. The summed E-state index contributed by atoms with van der Waals surface area (Å²) >= 11 is 0. The fraction of sp³-hybridized carbons (Fsp3) is 0.769. The van der Waals surface area contributed by atoms with Crippen LogP contribution < -0.4 is 10.0 Å². The van der Waals surface area contributed by atoms with Crippen LogP contribution >= 0.6 is 0 Å². The molecule has 0 saturated carbocycles. The molecular formula is C13H26N4O3S. The molecule has 8 heteroatoms. The van der Waals surface area contributed by atoms with E-state index in [1.54, 1.807) is 4.68 Å². The summed E-state index contributed by atoms with van der Waals surface area (Å²) in [4.78, 5) is 0.188. The van der Waals surface area contributed by atoms with Gasteiger partial charge >= 0.3 is 0 Å². The summed E-state index contributed by atoms with van der Waals surface area (Å²) in [5.41, 5.74) is 0. The van der Waals surface area contributed by atoms with Crippen LogP contribution in [-0.4, -0.2) is 51.0 Å². The third-order valence-electron chi connectivity index (χ3n) is 2.87. The number of nitrogens with zero attached hydrogens (tertiary/aromatic N) is 2. The number of aromatic nitrogens is 2. The van der Waals surface area contributed by atoms with E-state index in [0.29, 0.717) is 19.8 Å². The molecule has 1 aromatic heterocycles. The van der Waals surface area contributed by atoms with Gasteiger partial charge in [-0.05, 0) is 13.0 Å². The molecule has 7 nitrogen and oxygen atoms in total. The molecule has 0 bridgehead atoms. The Morgan fingerprint density at radius 3 is 2.81 bits per heavy atom. The molecule has 2 N–H and O–H groups in total. The van der Waals surface area contributed by atoms with Crippen molar-refractivity contribution in [2.24, 2.45) is 0 Å². The summed E-state index contributed by atoms with van der Waals surface area (Å²) in [6, 6.07) is 0. The van der Waals surface area contributed by atoms with Gasteiger partial charge in [-0.25, -0.2) is 13.1 Å². The van der Waals surface area contributed by atoms with Crippen LogP contribution in [0.5, 0.6) is 0 Å². The molecule has 0 radical (unpaired) electrons. The summed E-state index contributed by atoms with van der Waals surface area (Å²) < 4.78 is 33.5. The van der Waals surface area contributed by atoms with Crippen molar-refractivity contribution in [3.05, 3.63) is 12.4 Å². The minimum atomic E-state index is -3.50. The Balaban J connectivity index is 2.36. The minimum absolute atomic E-state index is 0.188. The fourth-order valence-corrected chi connectivity index (χ4v) is 2.62. The Morgan fingerprint density at radius 2 is 2.10 bits per heavy atom. The molecule has 0 spiro atoms. The lowest BCUT2D eigenvalue weighted by Crippen LogP contribution is -2.27. The van der Waals surface area contributed by atoms with Gasteiger partial charge in [0.1, 0.15) is 4.90 Å². The van der Waals surface area contributed by atoms with Gasteiger partial charge in [-0.3, -0.25) is 4.68 Å². The fourth-order valence-electron chi connectivity index (χ4n) is 1.66. The summed E-state index contributed by atoms with van der Waals surface area (Å²) in [6.07, 6.45) is 4.97. The summed E-state index contributed by atoms with van der Waals surface area (Å²) in [6.45, 7) is 7.71. The molecule has 0 aliphatic rings. The van der Waals surface area contributed by atoms with Crippen molar-refractivity contribution >= 4 is 10.0 Å². The SMILES string of the molecule is CCCCOCCNS(=O)(=O)c1cnn(CCNCC)c1. The second-order valence-corrected chi connectivity index (χ2v) is 6.42. The zero-order valence-electron chi connectivity index (χ0n) is 12.8. The van der Waals surface area contributed by atoms with Gasteiger partial charge in [0.25, 0.3) is 0 Å². The first-order chi connectivity index (χ1) is 10.1. The van der Waals surface area contributed by atoms with E-state index in [0.717, 1.165) is 25.9 Å². The van der Waals surface area contributed by atoms with Crippen molar-refractivity contribution in [1.82, 2.24) is 19.8 Å². The highest BCUT2D eigenvalue weighted by Gasteiger charge is 2.15. The first kappa shape index (κ1) is 18.1. The first-order valence-electron chi connectivity index (χ1n) is 7.40. The largest absolute Gasteiger partial charge is 0.380 e. The van der Waals surface area contributed by atoms with Crippen LogP contribution in [0.25, 0.3) is 0 Å². The number of hydrogen-bond acceptors (Lipinski definition) is 5. The Kier molecular flexibility index (Phi) is 8.51. The van der Waals surface area contributed by atoms with Crippen LogP contribution in [0.2, 0.25) is 0 Å². The van der Waals surface area contributed by atoms with E-state index < -0.39 is 10.0 Å². The lowest BCUT2D eigenvalue weighted by molar-refractivity contribution is 0.136. The molecule has 1 aromatic rings. The molecule has 0 aliphatic carbocycles. The second-order valence-electron chi connectivity index (χ2n) is 4.66. The normalized spacial score (nSPS) is 11.9. The topological polar surface area (TPSA) is 85.2 Å². The Hall–Kier alpha value is -0.960. The highest BCUT2D eigenvalue weighted by atomic mass is 32.2. The van der Waals surface area contributed by atoms with Crippen molar-refractivity contribution in [3.8, 4) is 0 Å². The predicted octanol–water partition coefficient (Wildman–Crippen LogP) is 0.588. The van der Waals surface area contributed by atoms with Crippen molar-refractivity contribution in [3.63, 3.8) is 0 Å². The van der Waals surface area contributed by atoms with E-state index in [-0.39, 0.29) is 11.4 Å². The standard InChI is InChI=1S/C13H26N4O3S/c1-3-5-9-20-10-7-16-21(18,19)13-11-15-17(12-13)8-6-14-4-2/h11-12,14,16H,3-10H2,1-2H3. The van der Waals surface area contributed by atoms with Crippen molar-refractivity contribution in [2.45, 2.75) is 38.1 Å². The van der Waals surface area contributed by atoms with Crippen LogP contribution in [0.4, 0.5) is 0 Å². The lowest BCUT2D eigenvalue weighted by Gasteiger charge is -2.05. The van der Waals surface area contributed by atoms with Gasteiger partial charge in [0.05, 0.1) is 19.3 Å². The molecule has 0 aliphatic heterocycles. The molecule has 122 valence electrons. The molecule has 1 rings (SSSR count). The van der Waals surface area contributed by atoms with Gasteiger partial charge < -0.3 is 10.1 Å². The van der Waals surface area contributed by atoms with Crippen LogP contribution in [0.3, 0.4) is 0 Å². The zero-order chi connectivity index (χ0) is 15.6. The quantitative estimate of drug-likeness (QED) is 0.551. The Bertz CT molecular complexity index is 487. The molecule has 0 aromatic carbocycles. The van der Waals surface area contributed by atoms with Gasteiger partial charge in [0.15, 0.2) is 0 Å². The van der Waals surface area contributed by atoms with Crippen LogP contribution in [0.1, 0.15) is 26.7 Å². The molecule has 0 amide bonds. The van der Waals surface area contributed by atoms with E-state index in [9.17, 15) is 8.42 Å². The zero-order valence-corrected chi connectivity index (χ0v) is 13.7. The van der Waals surface area contributed by atoms with E-state index in [4.69, 9.17) is 4.74 Å². The third-order valence-corrected chi connectivity index (χ3v) is 4.28. The number of unbranched alkanes of at least 4 members (excludes halogenated alkanes) is 1. The number of nitrogens with one attached hydrogen (secondary N) is 2. The Morgan fingerprint density at radius 1 is 1.29 bits per heavy atom. The number of ether oxygens (including phenoxy) is 1. The maximum Gasteiger partial charge on any atom is 0.243 e. The molecule has 0 atom stereocenters. The number of rotatable bonds is 12. The van der Waals surface area contributed by atoms with Gasteiger partial charge in [-0.1, -0.05) is 20.3 Å². The van der Waals surface area contributed by atoms with Crippen LogP contribution in [-0.2, 0) is 21.3 Å². The number of hydrogen-bond donors (Lipinski definition) is 2. The summed E-state index contributed by atoms with van der Waals surface area (Å²) in [7, 11) is -3.50. The van der Waals surface area contributed by atoms with E-state index in [1.807, 2.05) is 6.92 Å². The first-order valence-corrected chi connectivity index (χ1v) is 8.89. The highest BCUT2D eigenvalue weighted by molar-refractivity contribution is 7.89. The van der Waals surface area contributed by atoms with Gasteiger partial charge in [-0.15, -0.1) is 0 Å². The summed E-state index contributed by atoms with van der Waals surface area (Å²) in [5.74, 6) is 0. The maximum absolute atomic E-state index is 12.0. The monoisotopic (exact) mass is 318 g/mol. The van der Waals surface area contributed by atoms with E-state index in [2.05, 4.69) is 22.1 Å². The average Bonchev–Trinajstić information content (AvgIpc) is 2.93. The van der Waals surface area contributed by atoms with Gasteiger partial charge in [-0.2, -0.15) is 5.10 Å². The minimum Gasteiger partial charge on any atom is -0.380 e.